The Kier molecular flexibility index (Phi) is 4.81. The summed E-state index contributed by atoms with van der Waals surface area (Å²) in [6.45, 7) is 2.18. The highest BCUT2D eigenvalue weighted by Crippen LogP contribution is 2.26. The van der Waals surface area contributed by atoms with E-state index < -0.39 is 0 Å². The predicted molar refractivity (Wildman–Crippen MR) is 76.0 cm³/mol. The number of nitrogens with one attached hydrogen (secondary N) is 1. The first-order valence-electron chi connectivity index (χ1n) is 7.02. The number of para-hydroxylation sites is 1. The van der Waals surface area contributed by atoms with Gasteiger partial charge in [-0.05, 0) is 37.8 Å². The Morgan fingerprint density at radius 3 is 2.95 bits per heavy atom. The monoisotopic (exact) mass is 258 g/mol. The number of benzene rings is 1. The minimum absolute atomic E-state index is 0.181. The van der Waals surface area contributed by atoms with Gasteiger partial charge in [0, 0.05) is 12.1 Å². The maximum atomic E-state index is 9.11. The van der Waals surface area contributed by atoms with Gasteiger partial charge in [-0.1, -0.05) is 24.6 Å². The van der Waals surface area contributed by atoms with Crippen molar-refractivity contribution in [2.45, 2.75) is 44.7 Å². The fourth-order valence-corrected chi connectivity index (χ4v) is 2.94. The summed E-state index contributed by atoms with van der Waals surface area (Å²) in [4.78, 5) is 0. The second-order valence-corrected chi connectivity index (χ2v) is 5.36. The Balaban J connectivity index is 1.94. The van der Waals surface area contributed by atoms with Gasteiger partial charge in [0.25, 0.3) is 0 Å². The summed E-state index contributed by atoms with van der Waals surface area (Å²) in [5.74, 6) is 1.12. The van der Waals surface area contributed by atoms with E-state index in [9.17, 15) is 0 Å². The molecule has 1 aromatic carbocycles. The molecule has 19 heavy (non-hydrogen) atoms. The SMILES string of the molecule is COc1ccccc1CC(C)NC1CCCC1C#N. The number of hydrogen-bond acceptors (Lipinski definition) is 3. The highest BCUT2D eigenvalue weighted by molar-refractivity contribution is 5.33. The Morgan fingerprint density at radius 2 is 2.21 bits per heavy atom. The number of methoxy groups -OCH3 is 1. The standard InChI is InChI=1S/C16H22N2O/c1-12(18-15-8-5-7-14(15)11-17)10-13-6-3-4-9-16(13)19-2/h3-4,6,9,12,14-15,18H,5,7-8,10H2,1-2H3. The third kappa shape index (κ3) is 3.48. The summed E-state index contributed by atoms with van der Waals surface area (Å²) in [6, 6.07) is 11.3. The number of rotatable bonds is 5. The molecule has 1 aliphatic carbocycles. The molecule has 0 amide bonds. The highest BCUT2D eigenvalue weighted by Gasteiger charge is 2.27. The van der Waals surface area contributed by atoms with Crippen LogP contribution in [0.1, 0.15) is 31.7 Å². The second kappa shape index (κ2) is 6.58. The molecule has 3 heteroatoms. The molecule has 102 valence electrons. The van der Waals surface area contributed by atoms with Crippen LogP contribution < -0.4 is 10.1 Å². The molecule has 3 atom stereocenters. The van der Waals surface area contributed by atoms with Gasteiger partial charge < -0.3 is 10.1 Å². The minimum atomic E-state index is 0.181. The van der Waals surface area contributed by atoms with Gasteiger partial charge in [0.05, 0.1) is 19.1 Å². The molecule has 0 radical (unpaired) electrons. The second-order valence-electron chi connectivity index (χ2n) is 5.36. The number of hydrogen-bond donors (Lipinski definition) is 1. The van der Waals surface area contributed by atoms with Crippen molar-refractivity contribution in [3.63, 3.8) is 0 Å². The lowest BCUT2D eigenvalue weighted by Gasteiger charge is -2.22. The lowest BCUT2D eigenvalue weighted by molar-refractivity contribution is 0.390. The zero-order valence-corrected chi connectivity index (χ0v) is 11.7. The van der Waals surface area contributed by atoms with Gasteiger partial charge in [-0.2, -0.15) is 5.26 Å². The van der Waals surface area contributed by atoms with Crippen LogP contribution in [-0.4, -0.2) is 19.2 Å². The van der Waals surface area contributed by atoms with Crippen molar-refractivity contribution in [2.75, 3.05) is 7.11 Å². The topological polar surface area (TPSA) is 45.0 Å². The zero-order valence-electron chi connectivity index (χ0n) is 11.7. The maximum Gasteiger partial charge on any atom is 0.122 e. The molecular formula is C16H22N2O. The minimum Gasteiger partial charge on any atom is -0.496 e. The van der Waals surface area contributed by atoms with E-state index in [1.807, 2.05) is 18.2 Å². The summed E-state index contributed by atoms with van der Waals surface area (Å²) in [6.07, 6.45) is 4.25. The van der Waals surface area contributed by atoms with E-state index in [4.69, 9.17) is 10.00 Å². The van der Waals surface area contributed by atoms with Crippen molar-refractivity contribution >= 4 is 0 Å². The first kappa shape index (κ1) is 13.9. The average molecular weight is 258 g/mol. The number of ether oxygens (including phenoxy) is 1. The van der Waals surface area contributed by atoms with E-state index in [-0.39, 0.29) is 5.92 Å². The van der Waals surface area contributed by atoms with Crippen LogP contribution in [-0.2, 0) is 6.42 Å². The van der Waals surface area contributed by atoms with Gasteiger partial charge >= 0.3 is 0 Å². The van der Waals surface area contributed by atoms with Gasteiger partial charge in [0.2, 0.25) is 0 Å². The summed E-state index contributed by atoms with van der Waals surface area (Å²) in [5, 5.41) is 12.7. The molecule has 1 saturated carbocycles. The third-order valence-corrected chi connectivity index (χ3v) is 3.90. The summed E-state index contributed by atoms with van der Waals surface area (Å²) in [5.41, 5.74) is 1.22. The number of nitriles is 1. The van der Waals surface area contributed by atoms with E-state index in [2.05, 4.69) is 24.4 Å². The Hall–Kier alpha value is -1.53. The fourth-order valence-electron chi connectivity index (χ4n) is 2.94. The molecular weight excluding hydrogens is 236 g/mol. The van der Waals surface area contributed by atoms with E-state index in [1.165, 1.54) is 5.56 Å². The van der Waals surface area contributed by atoms with E-state index in [0.29, 0.717) is 12.1 Å². The molecule has 2 rings (SSSR count). The first-order chi connectivity index (χ1) is 9.24. The van der Waals surface area contributed by atoms with Crippen molar-refractivity contribution in [1.29, 1.82) is 5.26 Å². The molecule has 1 N–H and O–H groups in total. The van der Waals surface area contributed by atoms with Crippen LogP contribution in [0.15, 0.2) is 24.3 Å². The molecule has 0 aliphatic heterocycles. The van der Waals surface area contributed by atoms with E-state index >= 15 is 0 Å². The smallest absolute Gasteiger partial charge is 0.122 e. The average Bonchev–Trinajstić information content (AvgIpc) is 2.86. The van der Waals surface area contributed by atoms with Gasteiger partial charge in [0.1, 0.15) is 5.75 Å². The molecule has 1 fully saturated rings. The van der Waals surface area contributed by atoms with Crippen molar-refractivity contribution in [3.05, 3.63) is 29.8 Å². The molecule has 1 aliphatic rings. The predicted octanol–water partition coefficient (Wildman–Crippen LogP) is 2.91. The summed E-state index contributed by atoms with van der Waals surface area (Å²) >= 11 is 0. The lowest BCUT2D eigenvalue weighted by Crippen LogP contribution is -2.39. The largest absolute Gasteiger partial charge is 0.496 e. The third-order valence-electron chi connectivity index (χ3n) is 3.90. The van der Waals surface area contributed by atoms with Crippen molar-refractivity contribution in [2.24, 2.45) is 5.92 Å². The number of nitrogens with zero attached hydrogens (tertiary/aromatic N) is 1. The van der Waals surface area contributed by atoms with Crippen LogP contribution in [0.3, 0.4) is 0 Å². The summed E-state index contributed by atoms with van der Waals surface area (Å²) in [7, 11) is 1.71. The molecule has 3 nitrogen and oxygen atoms in total. The lowest BCUT2D eigenvalue weighted by atomic mass is 10.0. The van der Waals surface area contributed by atoms with Crippen molar-refractivity contribution < 1.29 is 4.74 Å². The van der Waals surface area contributed by atoms with Crippen LogP contribution in [0.2, 0.25) is 0 Å². The van der Waals surface area contributed by atoms with Crippen molar-refractivity contribution in [1.82, 2.24) is 5.32 Å². The Bertz CT molecular complexity index is 452. The van der Waals surface area contributed by atoms with Gasteiger partial charge in [-0.3, -0.25) is 0 Å². The van der Waals surface area contributed by atoms with Gasteiger partial charge in [-0.15, -0.1) is 0 Å². The molecule has 0 spiro atoms. The summed E-state index contributed by atoms with van der Waals surface area (Å²) < 4.78 is 5.38. The molecule has 1 aromatic rings. The Morgan fingerprint density at radius 1 is 1.42 bits per heavy atom. The first-order valence-corrected chi connectivity index (χ1v) is 7.02. The highest BCUT2D eigenvalue weighted by atomic mass is 16.5. The van der Waals surface area contributed by atoms with E-state index in [0.717, 1.165) is 31.4 Å². The maximum absolute atomic E-state index is 9.11. The van der Waals surface area contributed by atoms with Crippen molar-refractivity contribution in [3.8, 4) is 11.8 Å². The normalized spacial score (nSPS) is 23.8. The van der Waals surface area contributed by atoms with E-state index in [1.54, 1.807) is 7.11 Å². The van der Waals surface area contributed by atoms with Crippen LogP contribution >= 0.6 is 0 Å². The van der Waals surface area contributed by atoms with Gasteiger partial charge in [0.15, 0.2) is 0 Å². The molecule has 0 aromatic heterocycles. The Labute approximate surface area is 115 Å². The van der Waals surface area contributed by atoms with Crippen LogP contribution in [0.5, 0.6) is 5.75 Å². The van der Waals surface area contributed by atoms with Crippen LogP contribution in [0.4, 0.5) is 0 Å². The quantitative estimate of drug-likeness (QED) is 0.883. The van der Waals surface area contributed by atoms with Gasteiger partial charge in [-0.25, -0.2) is 0 Å². The molecule has 3 unspecified atom stereocenters. The fraction of sp³-hybridized carbons (Fsp3) is 0.562. The molecule has 0 heterocycles. The molecule has 0 saturated heterocycles. The zero-order chi connectivity index (χ0) is 13.7. The van der Waals surface area contributed by atoms with Crippen LogP contribution in [0.25, 0.3) is 0 Å². The van der Waals surface area contributed by atoms with Crippen LogP contribution in [0, 0.1) is 17.2 Å². The molecule has 0 bridgehead atoms.